The third kappa shape index (κ3) is 5.13. The number of hydrogen-bond donors (Lipinski definition) is 1. The Morgan fingerprint density at radius 1 is 1.11 bits per heavy atom. The van der Waals surface area contributed by atoms with E-state index in [1.165, 1.54) is 57.8 Å². The van der Waals surface area contributed by atoms with Crippen LogP contribution < -0.4 is 5.32 Å². The van der Waals surface area contributed by atoms with Crippen molar-refractivity contribution in [3.8, 4) is 0 Å². The van der Waals surface area contributed by atoms with E-state index in [4.69, 9.17) is 0 Å². The number of carbonyl (C=O) groups excluding carboxylic acids is 1. The molecule has 0 aromatic rings. The molecule has 1 unspecified atom stereocenters. The van der Waals surface area contributed by atoms with Crippen LogP contribution in [0.5, 0.6) is 0 Å². The Labute approximate surface area is 118 Å². The molecule has 2 fully saturated rings. The quantitative estimate of drug-likeness (QED) is 0.830. The molecule has 2 aliphatic rings. The average Bonchev–Trinajstić information content (AvgIpc) is 2.47. The summed E-state index contributed by atoms with van der Waals surface area (Å²) in [4.78, 5) is 14.1. The van der Waals surface area contributed by atoms with Gasteiger partial charge in [0.25, 0.3) is 0 Å². The molecule has 1 atom stereocenters. The Morgan fingerprint density at radius 2 is 1.84 bits per heavy atom. The maximum Gasteiger partial charge on any atom is 0.223 e. The molecule has 1 aliphatic heterocycles. The zero-order valence-corrected chi connectivity index (χ0v) is 12.5. The van der Waals surface area contributed by atoms with E-state index in [0.717, 1.165) is 19.0 Å². The highest BCUT2D eigenvalue weighted by Crippen LogP contribution is 2.26. The van der Waals surface area contributed by atoms with E-state index in [2.05, 4.69) is 5.32 Å². The van der Waals surface area contributed by atoms with E-state index in [1.54, 1.807) is 0 Å². The molecule has 0 spiro atoms. The highest BCUT2D eigenvalue weighted by atomic mass is 16.2. The topological polar surface area (TPSA) is 32.3 Å². The van der Waals surface area contributed by atoms with Crippen molar-refractivity contribution in [2.24, 2.45) is 5.92 Å². The fourth-order valence-electron chi connectivity index (χ4n) is 3.44. The third-order valence-electron chi connectivity index (χ3n) is 4.86. The summed E-state index contributed by atoms with van der Waals surface area (Å²) in [5, 5.41) is 3.46. The summed E-state index contributed by atoms with van der Waals surface area (Å²) in [6.07, 6.45) is 12.6. The summed E-state index contributed by atoms with van der Waals surface area (Å²) >= 11 is 0. The van der Waals surface area contributed by atoms with Gasteiger partial charge in [0.2, 0.25) is 5.91 Å². The van der Waals surface area contributed by atoms with Crippen molar-refractivity contribution >= 4 is 5.91 Å². The first-order valence-electron chi connectivity index (χ1n) is 8.23. The van der Waals surface area contributed by atoms with Crippen LogP contribution >= 0.6 is 0 Å². The molecule has 0 aromatic carbocycles. The summed E-state index contributed by atoms with van der Waals surface area (Å²) in [7, 11) is 1.98. The Kier molecular flexibility index (Phi) is 6.15. The predicted molar refractivity (Wildman–Crippen MR) is 79.1 cm³/mol. The molecule has 0 aromatic heterocycles. The number of piperidine rings is 1. The van der Waals surface area contributed by atoms with Crippen molar-refractivity contribution in [3.05, 3.63) is 0 Å². The zero-order valence-electron chi connectivity index (χ0n) is 12.5. The first-order valence-corrected chi connectivity index (χ1v) is 8.23. The van der Waals surface area contributed by atoms with Crippen LogP contribution in [0.25, 0.3) is 0 Å². The minimum Gasteiger partial charge on any atom is -0.346 e. The molecule has 3 heteroatoms. The van der Waals surface area contributed by atoms with E-state index in [0.29, 0.717) is 18.4 Å². The molecule has 1 N–H and O–H groups in total. The van der Waals surface area contributed by atoms with Gasteiger partial charge in [-0.1, -0.05) is 38.5 Å². The number of nitrogens with zero attached hydrogens (tertiary/aromatic N) is 1. The minimum atomic E-state index is 0.329. The Morgan fingerprint density at radius 3 is 2.53 bits per heavy atom. The predicted octanol–water partition coefficient (Wildman–Crippen LogP) is 2.95. The van der Waals surface area contributed by atoms with Gasteiger partial charge in [0, 0.05) is 26.1 Å². The van der Waals surface area contributed by atoms with Crippen molar-refractivity contribution < 1.29 is 4.79 Å². The number of rotatable bonds is 5. The lowest BCUT2D eigenvalue weighted by atomic mass is 9.87. The molecular formula is C16H30N2O. The van der Waals surface area contributed by atoms with Gasteiger partial charge < -0.3 is 10.2 Å². The van der Waals surface area contributed by atoms with Crippen LogP contribution in [0.1, 0.15) is 64.2 Å². The highest BCUT2D eigenvalue weighted by Gasteiger charge is 2.20. The summed E-state index contributed by atoms with van der Waals surface area (Å²) in [6.45, 7) is 2.04. The number of hydrogen-bond acceptors (Lipinski definition) is 2. The zero-order chi connectivity index (χ0) is 13.5. The summed E-state index contributed by atoms with van der Waals surface area (Å²) < 4.78 is 0. The molecule has 0 radical (unpaired) electrons. The Bertz CT molecular complexity index is 268. The van der Waals surface area contributed by atoms with Gasteiger partial charge in [-0.05, 0) is 31.7 Å². The normalized spacial score (nSPS) is 25.2. The molecule has 1 saturated carbocycles. The second kappa shape index (κ2) is 7.88. The van der Waals surface area contributed by atoms with Crippen molar-refractivity contribution in [1.82, 2.24) is 10.2 Å². The molecule has 0 bridgehead atoms. The molecule has 3 nitrogen and oxygen atoms in total. The summed E-state index contributed by atoms with van der Waals surface area (Å²) in [5.41, 5.74) is 0. The third-order valence-corrected chi connectivity index (χ3v) is 4.86. The lowest BCUT2D eigenvalue weighted by Gasteiger charge is -2.27. The Balaban J connectivity index is 1.63. The summed E-state index contributed by atoms with van der Waals surface area (Å²) in [6, 6.07) is 0.429. The smallest absolute Gasteiger partial charge is 0.223 e. The molecule has 110 valence electrons. The molecule has 2 rings (SSSR count). The maximum absolute atomic E-state index is 12.2. The second-order valence-corrected chi connectivity index (χ2v) is 6.46. The van der Waals surface area contributed by atoms with E-state index < -0.39 is 0 Å². The molecule has 1 amide bonds. The largest absolute Gasteiger partial charge is 0.346 e. The second-order valence-electron chi connectivity index (χ2n) is 6.46. The van der Waals surface area contributed by atoms with E-state index in [-0.39, 0.29) is 0 Å². The lowest BCUT2D eigenvalue weighted by Crippen LogP contribution is -2.39. The van der Waals surface area contributed by atoms with Crippen molar-refractivity contribution in [3.63, 3.8) is 0 Å². The van der Waals surface area contributed by atoms with Gasteiger partial charge in [-0.15, -0.1) is 0 Å². The first kappa shape index (κ1) is 14.8. The van der Waals surface area contributed by atoms with Crippen LogP contribution in [0.4, 0.5) is 0 Å². The van der Waals surface area contributed by atoms with Crippen molar-refractivity contribution in [1.29, 1.82) is 0 Å². The van der Waals surface area contributed by atoms with Gasteiger partial charge in [-0.3, -0.25) is 4.79 Å². The van der Waals surface area contributed by atoms with Crippen LogP contribution in [0.15, 0.2) is 0 Å². The van der Waals surface area contributed by atoms with Gasteiger partial charge in [0.05, 0.1) is 0 Å². The molecule has 1 heterocycles. The van der Waals surface area contributed by atoms with Crippen LogP contribution in [-0.4, -0.2) is 37.0 Å². The fourth-order valence-corrected chi connectivity index (χ4v) is 3.44. The minimum absolute atomic E-state index is 0.329. The van der Waals surface area contributed by atoms with Crippen molar-refractivity contribution in [2.45, 2.75) is 70.3 Å². The number of amides is 1. The average molecular weight is 266 g/mol. The summed E-state index contributed by atoms with van der Waals surface area (Å²) in [5.74, 6) is 1.20. The SMILES string of the molecule is CN(CCC1CCCCC1)C(=O)CC1CCCCN1. The van der Waals surface area contributed by atoms with Gasteiger partial charge in [0.1, 0.15) is 0 Å². The van der Waals surface area contributed by atoms with Crippen LogP contribution in [0, 0.1) is 5.92 Å². The molecular weight excluding hydrogens is 236 g/mol. The van der Waals surface area contributed by atoms with Gasteiger partial charge in [-0.2, -0.15) is 0 Å². The van der Waals surface area contributed by atoms with E-state index in [1.807, 2.05) is 11.9 Å². The Hall–Kier alpha value is -0.570. The first-order chi connectivity index (χ1) is 9.25. The highest BCUT2D eigenvalue weighted by molar-refractivity contribution is 5.76. The van der Waals surface area contributed by atoms with E-state index >= 15 is 0 Å². The fraction of sp³-hybridized carbons (Fsp3) is 0.938. The van der Waals surface area contributed by atoms with Crippen molar-refractivity contribution in [2.75, 3.05) is 20.1 Å². The standard InChI is InChI=1S/C16H30N2O/c1-18(12-10-14-7-3-2-4-8-14)16(19)13-15-9-5-6-11-17-15/h14-15,17H,2-13H2,1H3. The van der Waals surface area contributed by atoms with Gasteiger partial charge >= 0.3 is 0 Å². The van der Waals surface area contributed by atoms with Crippen LogP contribution in [-0.2, 0) is 4.79 Å². The van der Waals surface area contributed by atoms with Gasteiger partial charge in [0.15, 0.2) is 0 Å². The van der Waals surface area contributed by atoms with Crippen LogP contribution in [0.3, 0.4) is 0 Å². The maximum atomic E-state index is 12.2. The van der Waals surface area contributed by atoms with Gasteiger partial charge in [-0.25, -0.2) is 0 Å². The molecule has 19 heavy (non-hydrogen) atoms. The number of carbonyl (C=O) groups is 1. The monoisotopic (exact) mass is 266 g/mol. The van der Waals surface area contributed by atoms with E-state index in [9.17, 15) is 4.79 Å². The lowest BCUT2D eigenvalue weighted by molar-refractivity contribution is -0.130. The molecule has 1 aliphatic carbocycles. The van der Waals surface area contributed by atoms with Crippen LogP contribution in [0.2, 0.25) is 0 Å². The molecule has 1 saturated heterocycles. The number of nitrogens with one attached hydrogen (secondary N) is 1.